The van der Waals surface area contributed by atoms with Crippen molar-refractivity contribution >= 4 is 5.91 Å². The Morgan fingerprint density at radius 1 is 1.21 bits per heavy atom. The van der Waals surface area contributed by atoms with Gasteiger partial charge in [0.15, 0.2) is 0 Å². The molecule has 0 radical (unpaired) electrons. The topological polar surface area (TPSA) is 56.1 Å². The summed E-state index contributed by atoms with van der Waals surface area (Å²) in [5, 5.41) is 13.0. The van der Waals surface area contributed by atoms with Crippen LogP contribution in [0.2, 0.25) is 0 Å². The lowest BCUT2D eigenvalue weighted by molar-refractivity contribution is -0.126. The number of hydrogen-bond acceptors (Lipinski definition) is 3. The third kappa shape index (κ3) is 2.47. The van der Waals surface area contributed by atoms with Crippen LogP contribution in [0, 0.1) is 28.1 Å². The van der Waals surface area contributed by atoms with Gasteiger partial charge in [0.1, 0.15) is 5.41 Å². The third-order valence-corrected chi connectivity index (χ3v) is 7.67. The van der Waals surface area contributed by atoms with E-state index in [1.807, 2.05) is 0 Å². The minimum Gasteiger partial charge on any atom is -0.352 e. The van der Waals surface area contributed by atoms with Crippen molar-refractivity contribution in [2.75, 3.05) is 13.1 Å². The summed E-state index contributed by atoms with van der Waals surface area (Å²) in [6.07, 6.45) is 11.9. The fourth-order valence-electron chi connectivity index (χ4n) is 5.63. The highest BCUT2D eigenvalue weighted by atomic mass is 16.2. The summed E-state index contributed by atoms with van der Waals surface area (Å²) in [4.78, 5) is 15.6. The van der Waals surface area contributed by atoms with Crippen LogP contribution < -0.4 is 5.32 Å². The summed E-state index contributed by atoms with van der Waals surface area (Å²) in [7, 11) is 0. The molecule has 4 nitrogen and oxygen atoms in total. The fourth-order valence-corrected chi connectivity index (χ4v) is 5.63. The first-order chi connectivity index (χ1) is 11.6. The lowest BCUT2D eigenvalue weighted by Crippen LogP contribution is -2.51. The number of carbonyl (C=O) groups excluding carboxylic acids is 1. The van der Waals surface area contributed by atoms with Crippen LogP contribution in [0.25, 0.3) is 0 Å². The van der Waals surface area contributed by atoms with E-state index < -0.39 is 5.41 Å². The van der Waals surface area contributed by atoms with Gasteiger partial charge in [-0.1, -0.05) is 19.3 Å². The molecular weight excluding hydrogens is 298 g/mol. The Morgan fingerprint density at radius 2 is 1.96 bits per heavy atom. The molecule has 24 heavy (non-hydrogen) atoms. The SMILES string of the molecule is CC(NC(=O)C1(C#N)CC12CCCC2)C1CCCN(C2CCC2)C1. The molecule has 3 atom stereocenters. The third-order valence-electron chi connectivity index (χ3n) is 7.67. The summed E-state index contributed by atoms with van der Waals surface area (Å²) < 4.78 is 0. The van der Waals surface area contributed by atoms with Gasteiger partial charge in [-0.2, -0.15) is 5.26 Å². The maximum atomic E-state index is 12.9. The lowest BCUT2D eigenvalue weighted by atomic mass is 9.85. The quantitative estimate of drug-likeness (QED) is 0.861. The number of nitriles is 1. The van der Waals surface area contributed by atoms with Crippen molar-refractivity contribution in [3.8, 4) is 6.07 Å². The molecule has 1 amide bonds. The Labute approximate surface area is 146 Å². The second-order valence-electron chi connectivity index (χ2n) is 8.93. The average molecular weight is 329 g/mol. The van der Waals surface area contributed by atoms with Crippen molar-refractivity contribution < 1.29 is 4.79 Å². The predicted molar refractivity (Wildman–Crippen MR) is 93.1 cm³/mol. The first-order valence-electron chi connectivity index (χ1n) is 10.1. The molecule has 4 fully saturated rings. The molecule has 4 rings (SSSR count). The van der Waals surface area contributed by atoms with E-state index in [2.05, 4.69) is 23.2 Å². The number of hydrogen-bond donors (Lipinski definition) is 1. The van der Waals surface area contributed by atoms with Gasteiger partial charge in [-0.05, 0) is 64.3 Å². The fraction of sp³-hybridized carbons (Fsp3) is 0.900. The van der Waals surface area contributed by atoms with Crippen molar-refractivity contribution in [2.24, 2.45) is 16.7 Å². The molecule has 0 aromatic rings. The summed E-state index contributed by atoms with van der Waals surface area (Å²) in [6.45, 7) is 4.51. The Bertz CT molecular complexity index is 544. The van der Waals surface area contributed by atoms with Gasteiger partial charge in [0.2, 0.25) is 5.91 Å². The number of amides is 1. The molecule has 3 saturated carbocycles. The normalized spacial score (nSPS) is 36.8. The zero-order valence-electron chi connectivity index (χ0n) is 15.0. The highest BCUT2D eigenvalue weighted by Crippen LogP contribution is 2.71. The van der Waals surface area contributed by atoms with E-state index in [1.54, 1.807) is 0 Å². The Kier molecular flexibility index (Phi) is 4.11. The van der Waals surface area contributed by atoms with Gasteiger partial charge >= 0.3 is 0 Å². The number of rotatable bonds is 4. The Hall–Kier alpha value is -1.08. The minimum atomic E-state index is -0.708. The van der Waals surface area contributed by atoms with Gasteiger partial charge in [-0.15, -0.1) is 0 Å². The molecule has 3 unspecified atom stereocenters. The molecule has 4 aliphatic rings. The molecule has 1 N–H and O–H groups in total. The smallest absolute Gasteiger partial charge is 0.241 e. The van der Waals surface area contributed by atoms with Crippen molar-refractivity contribution in [1.82, 2.24) is 10.2 Å². The zero-order chi connectivity index (χ0) is 16.8. The average Bonchev–Trinajstić information content (AvgIpc) is 2.92. The molecular formula is C20H31N3O. The first-order valence-corrected chi connectivity index (χ1v) is 10.1. The molecule has 0 aromatic heterocycles. The van der Waals surface area contributed by atoms with Gasteiger partial charge in [-0.25, -0.2) is 0 Å². The van der Waals surface area contributed by atoms with Gasteiger partial charge < -0.3 is 10.2 Å². The van der Waals surface area contributed by atoms with Crippen LogP contribution in [0.5, 0.6) is 0 Å². The largest absolute Gasteiger partial charge is 0.352 e. The van der Waals surface area contributed by atoms with E-state index in [0.717, 1.165) is 31.8 Å². The van der Waals surface area contributed by atoms with Crippen LogP contribution in [-0.2, 0) is 4.79 Å². The predicted octanol–water partition coefficient (Wildman–Crippen LogP) is 3.23. The van der Waals surface area contributed by atoms with Crippen molar-refractivity contribution in [1.29, 1.82) is 5.26 Å². The summed E-state index contributed by atoms with van der Waals surface area (Å²) in [6, 6.07) is 3.40. The van der Waals surface area contributed by atoms with Crippen LogP contribution in [0.1, 0.15) is 71.1 Å². The van der Waals surface area contributed by atoms with Gasteiger partial charge in [0.25, 0.3) is 0 Å². The van der Waals surface area contributed by atoms with E-state index in [0.29, 0.717) is 5.92 Å². The van der Waals surface area contributed by atoms with E-state index in [1.165, 1.54) is 51.5 Å². The van der Waals surface area contributed by atoms with E-state index >= 15 is 0 Å². The standard InChI is InChI=1S/C20H31N3O/c1-15(16-6-5-11-23(12-16)17-7-4-8-17)22-18(24)20(14-21)13-19(20)9-2-3-10-19/h15-17H,2-13H2,1H3,(H,22,24). The minimum absolute atomic E-state index is 0.0239. The molecule has 0 bridgehead atoms. The number of carbonyl (C=O) groups is 1. The van der Waals surface area contributed by atoms with Crippen LogP contribution in [0.4, 0.5) is 0 Å². The van der Waals surface area contributed by atoms with E-state index in [9.17, 15) is 10.1 Å². The van der Waals surface area contributed by atoms with Gasteiger partial charge in [0.05, 0.1) is 6.07 Å². The maximum Gasteiger partial charge on any atom is 0.241 e. The van der Waals surface area contributed by atoms with Crippen LogP contribution in [-0.4, -0.2) is 36.0 Å². The van der Waals surface area contributed by atoms with Crippen molar-refractivity contribution in [2.45, 2.75) is 83.2 Å². The van der Waals surface area contributed by atoms with Crippen molar-refractivity contribution in [3.05, 3.63) is 0 Å². The summed E-state index contributed by atoms with van der Waals surface area (Å²) in [5.74, 6) is 0.567. The molecule has 0 aromatic carbocycles. The first kappa shape index (κ1) is 16.4. The molecule has 1 spiro atoms. The molecule has 4 heteroatoms. The maximum absolute atomic E-state index is 12.9. The molecule has 1 saturated heterocycles. The molecule has 132 valence electrons. The number of nitrogens with zero attached hydrogens (tertiary/aromatic N) is 2. The molecule has 3 aliphatic carbocycles. The Morgan fingerprint density at radius 3 is 2.58 bits per heavy atom. The second kappa shape index (κ2) is 6.02. The van der Waals surface area contributed by atoms with Crippen LogP contribution >= 0.6 is 0 Å². The summed E-state index contributed by atoms with van der Waals surface area (Å²) in [5.41, 5.74) is -0.684. The lowest BCUT2D eigenvalue weighted by Gasteiger charge is -2.44. The van der Waals surface area contributed by atoms with Gasteiger partial charge in [0, 0.05) is 24.0 Å². The van der Waals surface area contributed by atoms with E-state index in [4.69, 9.17) is 0 Å². The monoisotopic (exact) mass is 329 g/mol. The Balaban J connectivity index is 1.36. The highest BCUT2D eigenvalue weighted by molar-refractivity contribution is 5.90. The second-order valence-corrected chi connectivity index (χ2v) is 8.93. The highest BCUT2D eigenvalue weighted by Gasteiger charge is 2.72. The molecule has 1 heterocycles. The number of nitrogens with one attached hydrogen (secondary N) is 1. The number of likely N-dealkylation sites (tertiary alicyclic amines) is 1. The van der Waals surface area contributed by atoms with Crippen molar-refractivity contribution in [3.63, 3.8) is 0 Å². The van der Waals surface area contributed by atoms with Gasteiger partial charge in [-0.3, -0.25) is 4.79 Å². The number of piperidine rings is 1. The van der Waals surface area contributed by atoms with Crippen LogP contribution in [0.3, 0.4) is 0 Å². The molecule has 1 aliphatic heterocycles. The zero-order valence-corrected chi connectivity index (χ0v) is 15.0. The van der Waals surface area contributed by atoms with Crippen LogP contribution in [0.15, 0.2) is 0 Å². The summed E-state index contributed by atoms with van der Waals surface area (Å²) >= 11 is 0. The van der Waals surface area contributed by atoms with E-state index in [-0.39, 0.29) is 17.4 Å².